The van der Waals surface area contributed by atoms with Crippen LogP contribution in [0.1, 0.15) is 5.69 Å². The molecule has 0 amide bonds. The predicted octanol–water partition coefficient (Wildman–Crippen LogP) is 3.21. The minimum absolute atomic E-state index is 1.03. The molecule has 0 aliphatic rings. The summed E-state index contributed by atoms with van der Waals surface area (Å²) in [5.74, 6) is 0. The first-order valence-corrected chi connectivity index (χ1v) is 5.15. The Bertz CT molecular complexity index is 358. The normalized spacial score (nSPS) is 10.5. The molecule has 0 saturated heterocycles. The molecule has 0 unspecified atom stereocenters. The SMILES string of the molecule is Cc1nc(-c2ccc[nH]2)sc1Br. The minimum Gasteiger partial charge on any atom is -0.359 e. The molecule has 2 nitrogen and oxygen atoms in total. The van der Waals surface area contributed by atoms with Gasteiger partial charge in [-0.1, -0.05) is 0 Å². The maximum absolute atomic E-state index is 4.39. The number of nitrogens with one attached hydrogen (secondary N) is 1. The Balaban J connectivity index is 2.48. The molecule has 4 heteroatoms. The van der Waals surface area contributed by atoms with Gasteiger partial charge in [0.05, 0.1) is 15.2 Å². The highest BCUT2D eigenvalue weighted by Gasteiger charge is 2.06. The first kappa shape index (κ1) is 8.01. The Labute approximate surface area is 82.8 Å². The summed E-state index contributed by atoms with van der Waals surface area (Å²) in [6, 6.07) is 3.99. The molecule has 0 radical (unpaired) electrons. The summed E-state index contributed by atoms with van der Waals surface area (Å²) in [6.07, 6.45) is 1.90. The molecule has 0 atom stereocenters. The molecule has 0 aliphatic heterocycles. The number of rotatable bonds is 1. The van der Waals surface area contributed by atoms with E-state index in [0.717, 1.165) is 20.2 Å². The fourth-order valence-corrected chi connectivity index (χ4v) is 2.29. The van der Waals surface area contributed by atoms with Gasteiger partial charge in [0.15, 0.2) is 0 Å². The number of hydrogen-bond donors (Lipinski definition) is 1. The Hall–Kier alpha value is -0.610. The Morgan fingerprint density at radius 2 is 2.42 bits per heavy atom. The van der Waals surface area contributed by atoms with Crippen LogP contribution in [-0.2, 0) is 0 Å². The number of nitrogens with zero attached hydrogens (tertiary/aromatic N) is 1. The van der Waals surface area contributed by atoms with E-state index in [2.05, 4.69) is 25.9 Å². The molecule has 2 heterocycles. The van der Waals surface area contributed by atoms with E-state index in [1.165, 1.54) is 0 Å². The van der Waals surface area contributed by atoms with Crippen molar-refractivity contribution in [2.24, 2.45) is 0 Å². The number of halogens is 1. The highest BCUT2D eigenvalue weighted by molar-refractivity contribution is 9.11. The second kappa shape index (κ2) is 3.03. The van der Waals surface area contributed by atoms with Gasteiger partial charge in [0, 0.05) is 6.20 Å². The van der Waals surface area contributed by atoms with Crippen molar-refractivity contribution in [2.75, 3.05) is 0 Å². The van der Waals surface area contributed by atoms with Crippen molar-refractivity contribution in [1.29, 1.82) is 0 Å². The third-order valence-electron chi connectivity index (χ3n) is 1.57. The first-order chi connectivity index (χ1) is 5.77. The van der Waals surface area contributed by atoms with Crippen LogP contribution in [0.5, 0.6) is 0 Å². The molecule has 12 heavy (non-hydrogen) atoms. The second-order valence-corrected chi connectivity index (χ2v) is 4.78. The lowest BCUT2D eigenvalue weighted by atomic mass is 10.4. The van der Waals surface area contributed by atoms with E-state index in [-0.39, 0.29) is 0 Å². The van der Waals surface area contributed by atoms with Gasteiger partial charge in [0.2, 0.25) is 0 Å². The molecule has 2 aromatic rings. The van der Waals surface area contributed by atoms with Gasteiger partial charge in [0.1, 0.15) is 5.01 Å². The summed E-state index contributed by atoms with van der Waals surface area (Å²) >= 11 is 5.09. The molecule has 2 aromatic heterocycles. The quantitative estimate of drug-likeness (QED) is 0.818. The summed E-state index contributed by atoms with van der Waals surface area (Å²) < 4.78 is 1.10. The van der Waals surface area contributed by atoms with Crippen molar-refractivity contribution >= 4 is 27.3 Å². The largest absolute Gasteiger partial charge is 0.359 e. The number of aryl methyl sites for hydroxylation is 1. The predicted molar refractivity (Wildman–Crippen MR) is 54.3 cm³/mol. The molecule has 0 fully saturated rings. The number of aromatic nitrogens is 2. The summed E-state index contributed by atoms with van der Waals surface area (Å²) in [5.41, 5.74) is 2.12. The summed E-state index contributed by atoms with van der Waals surface area (Å²) in [6.45, 7) is 1.99. The molecule has 0 bridgehead atoms. The van der Waals surface area contributed by atoms with Crippen molar-refractivity contribution in [3.63, 3.8) is 0 Å². The van der Waals surface area contributed by atoms with Crippen LogP contribution >= 0.6 is 27.3 Å². The van der Waals surface area contributed by atoms with Crippen LogP contribution in [0.4, 0.5) is 0 Å². The zero-order chi connectivity index (χ0) is 8.55. The first-order valence-electron chi connectivity index (χ1n) is 3.54. The standard InChI is InChI=1S/C8H7BrN2S/c1-5-7(9)12-8(11-5)6-3-2-4-10-6/h2-4,10H,1H3. The summed E-state index contributed by atoms with van der Waals surface area (Å²) in [5, 5.41) is 1.03. The average Bonchev–Trinajstić information content (AvgIpc) is 2.61. The Morgan fingerprint density at radius 1 is 1.58 bits per heavy atom. The molecule has 1 N–H and O–H groups in total. The van der Waals surface area contributed by atoms with Gasteiger partial charge in [-0.05, 0) is 35.0 Å². The third-order valence-corrected chi connectivity index (χ3v) is 3.61. The van der Waals surface area contributed by atoms with Gasteiger partial charge in [0.25, 0.3) is 0 Å². The molecule has 0 aromatic carbocycles. The zero-order valence-electron chi connectivity index (χ0n) is 6.47. The Morgan fingerprint density at radius 3 is 2.92 bits per heavy atom. The average molecular weight is 243 g/mol. The van der Waals surface area contributed by atoms with Crippen LogP contribution in [0, 0.1) is 6.92 Å². The fourth-order valence-electron chi connectivity index (χ4n) is 0.956. The lowest BCUT2D eigenvalue weighted by molar-refractivity contribution is 1.24. The maximum atomic E-state index is 4.39. The van der Waals surface area contributed by atoms with E-state index in [4.69, 9.17) is 0 Å². The topological polar surface area (TPSA) is 28.7 Å². The highest BCUT2D eigenvalue weighted by atomic mass is 79.9. The highest BCUT2D eigenvalue weighted by Crippen LogP contribution is 2.30. The van der Waals surface area contributed by atoms with Gasteiger partial charge in [-0.2, -0.15) is 0 Å². The molecule has 0 aliphatic carbocycles. The smallest absolute Gasteiger partial charge is 0.141 e. The lowest BCUT2D eigenvalue weighted by Crippen LogP contribution is -1.74. The zero-order valence-corrected chi connectivity index (χ0v) is 8.87. The number of hydrogen-bond acceptors (Lipinski definition) is 2. The second-order valence-electron chi connectivity index (χ2n) is 2.46. The van der Waals surface area contributed by atoms with Crippen LogP contribution < -0.4 is 0 Å². The summed E-state index contributed by atoms with van der Waals surface area (Å²) in [7, 11) is 0. The molecule has 2 rings (SSSR count). The van der Waals surface area contributed by atoms with Gasteiger partial charge >= 0.3 is 0 Å². The molecular formula is C8H7BrN2S. The number of aromatic amines is 1. The van der Waals surface area contributed by atoms with Crippen LogP contribution in [0.3, 0.4) is 0 Å². The van der Waals surface area contributed by atoms with E-state index in [9.17, 15) is 0 Å². The third kappa shape index (κ3) is 1.32. The van der Waals surface area contributed by atoms with Gasteiger partial charge in [-0.3, -0.25) is 0 Å². The number of H-pyrrole nitrogens is 1. The van der Waals surface area contributed by atoms with Crippen LogP contribution in [0.25, 0.3) is 10.7 Å². The van der Waals surface area contributed by atoms with Crippen molar-refractivity contribution in [3.05, 3.63) is 27.8 Å². The number of thiazole rings is 1. The van der Waals surface area contributed by atoms with E-state index in [0.29, 0.717) is 0 Å². The van der Waals surface area contributed by atoms with E-state index in [1.54, 1.807) is 11.3 Å². The van der Waals surface area contributed by atoms with Crippen LogP contribution in [0.2, 0.25) is 0 Å². The van der Waals surface area contributed by atoms with Crippen molar-refractivity contribution in [3.8, 4) is 10.7 Å². The van der Waals surface area contributed by atoms with Crippen molar-refractivity contribution < 1.29 is 0 Å². The van der Waals surface area contributed by atoms with Gasteiger partial charge < -0.3 is 4.98 Å². The van der Waals surface area contributed by atoms with Crippen LogP contribution in [-0.4, -0.2) is 9.97 Å². The molecule has 0 saturated carbocycles. The van der Waals surface area contributed by atoms with Gasteiger partial charge in [-0.25, -0.2) is 4.98 Å². The molecular weight excluding hydrogens is 236 g/mol. The van der Waals surface area contributed by atoms with E-state index >= 15 is 0 Å². The maximum Gasteiger partial charge on any atom is 0.141 e. The van der Waals surface area contributed by atoms with Gasteiger partial charge in [-0.15, -0.1) is 11.3 Å². The Kier molecular flexibility index (Phi) is 2.02. The van der Waals surface area contributed by atoms with E-state index < -0.39 is 0 Å². The van der Waals surface area contributed by atoms with E-state index in [1.807, 2.05) is 25.3 Å². The van der Waals surface area contributed by atoms with Crippen molar-refractivity contribution in [1.82, 2.24) is 9.97 Å². The summed E-state index contributed by atoms with van der Waals surface area (Å²) in [4.78, 5) is 7.51. The molecule has 62 valence electrons. The minimum atomic E-state index is 1.03. The fraction of sp³-hybridized carbons (Fsp3) is 0.125. The molecule has 0 spiro atoms. The van der Waals surface area contributed by atoms with Crippen LogP contribution in [0.15, 0.2) is 22.1 Å². The van der Waals surface area contributed by atoms with Crippen molar-refractivity contribution in [2.45, 2.75) is 6.92 Å². The lowest BCUT2D eigenvalue weighted by Gasteiger charge is -1.86. The monoisotopic (exact) mass is 242 g/mol.